The highest BCUT2D eigenvalue weighted by Crippen LogP contribution is 2.13. The maximum Gasteiger partial charge on any atom is 0.210 e. The highest BCUT2D eigenvalue weighted by molar-refractivity contribution is 7.12. The number of thiazole rings is 1. The van der Waals surface area contributed by atoms with E-state index in [9.17, 15) is 0 Å². The second kappa shape index (κ2) is 2.35. The fourth-order valence-corrected chi connectivity index (χ4v) is 1.32. The summed E-state index contributed by atoms with van der Waals surface area (Å²) < 4.78 is 1.53. The SMILES string of the molecule is Oc1cnn(-c2nccs2)c1. The van der Waals surface area contributed by atoms with E-state index in [2.05, 4.69) is 10.1 Å². The van der Waals surface area contributed by atoms with Crippen LogP contribution in [0, 0.1) is 0 Å². The molecule has 0 aliphatic heterocycles. The second-order valence-corrected chi connectivity index (χ2v) is 2.83. The summed E-state index contributed by atoms with van der Waals surface area (Å²) in [6, 6.07) is 0. The van der Waals surface area contributed by atoms with Crippen LogP contribution in [0.2, 0.25) is 0 Å². The van der Waals surface area contributed by atoms with E-state index < -0.39 is 0 Å². The first kappa shape index (κ1) is 6.36. The van der Waals surface area contributed by atoms with E-state index in [-0.39, 0.29) is 5.75 Å². The summed E-state index contributed by atoms with van der Waals surface area (Å²) in [5, 5.41) is 15.4. The quantitative estimate of drug-likeness (QED) is 0.690. The molecule has 0 spiro atoms. The molecule has 0 unspecified atom stereocenters. The van der Waals surface area contributed by atoms with E-state index in [1.165, 1.54) is 28.4 Å². The first-order valence-electron chi connectivity index (χ1n) is 3.00. The average molecular weight is 167 g/mol. The van der Waals surface area contributed by atoms with Gasteiger partial charge in [0, 0.05) is 11.6 Å². The van der Waals surface area contributed by atoms with E-state index >= 15 is 0 Å². The number of hydrogen-bond donors (Lipinski definition) is 1. The lowest BCUT2D eigenvalue weighted by Crippen LogP contribution is -1.91. The zero-order chi connectivity index (χ0) is 7.68. The molecule has 0 bridgehead atoms. The molecule has 0 saturated carbocycles. The van der Waals surface area contributed by atoms with Crippen LogP contribution in [0.4, 0.5) is 0 Å². The molecule has 0 radical (unpaired) electrons. The van der Waals surface area contributed by atoms with Crippen molar-refractivity contribution in [1.29, 1.82) is 0 Å². The van der Waals surface area contributed by atoms with Crippen LogP contribution in [0.5, 0.6) is 5.75 Å². The fourth-order valence-electron chi connectivity index (χ4n) is 0.747. The van der Waals surface area contributed by atoms with Crippen molar-refractivity contribution in [1.82, 2.24) is 14.8 Å². The zero-order valence-corrected chi connectivity index (χ0v) is 6.32. The second-order valence-electron chi connectivity index (χ2n) is 1.96. The minimum atomic E-state index is 0.153. The Hall–Kier alpha value is -1.36. The molecular formula is C6H5N3OS. The summed E-state index contributed by atoms with van der Waals surface area (Å²) in [5.74, 6) is 0.153. The smallest absolute Gasteiger partial charge is 0.210 e. The van der Waals surface area contributed by atoms with Gasteiger partial charge in [-0.3, -0.25) is 0 Å². The maximum atomic E-state index is 8.95. The van der Waals surface area contributed by atoms with Gasteiger partial charge >= 0.3 is 0 Å². The molecule has 0 aliphatic rings. The van der Waals surface area contributed by atoms with Gasteiger partial charge in [-0.1, -0.05) is 0 Å². The summed E-state index contributed by atoms with van der Waals surface area (Å²) in [5.41, 5.74) is 0. The molecule has 0 amide bonds. The maximum absolute atomic E-state index is 8.95. The van der Waals surface area contributed by atoms with Crippen molar-refractivity contribution in [2.45, 2.75) is 0 Å². The highest BCUT2D eigenvalue weighted by atomic mass is 32.1. The van der Waals surface area contributed by atoms with Crippen LogP contribution in [-0.2, 0) is 0 Å². The molecule has 0 aliphatic carbocycles. The van der Waals surface area contributed by atoms with Gasteiger partial charge in [0.2, 0.25) is 5.13 Å². The van der Waals surface area contributed by atoms with E-state index in [1.807, 2.05) is 5.38 Å². The van der Waals surface area contributed by atoms with Crippen molar-refractivity contribution in [2.24, 2.45) is 0 Å². The summed E-state index contributed by atoms with van der Waals surface area (Å²) in [6.07, 6.45) is 4.58. The van der Waals surface area contributed by atoms with E-state index in [0.29, 0.717) is 0 Å². The van der Waals surface area contributed by atoms with Crippen molar-refractivity contribution in [3.63, 3.8) is 0 Å². The molecule has 2 rings (SSSR count). The van der Waals surface area contributed by atoms with Crippen LogP contribution in [-0.4, -0.2) is 19.9 Å². The molecule has 56 valence electrons. The van der Waals surface area contributed by atoms with E-state index in [1.54, 1.807) is 6.20 Å². The molecule has 2 aromatic heterocycles. The lowest BCUT2D eigenvalue weighted by atomic mass is 10.7. The van der Waals surface area contributed by atoms with Crippen LogP contribution in [0.1, 0.15) is 0 Å². The molecule has 5 heteroatoms. The fraction of sp³-hybridized carbons (Fsp3) is 0. The van der Waals surface area contributed by atoms with Gasteiger partial charge in [-0.2, -0.15) is 5.10 Å². The largest absolute Gasteiger partial charge is 0.505 e. The normalized spacial score (nSPS) is 10.2. The monoisotopic (exact) mass is 167 g/mol. The summed E-state index contributed by atoms with van der Waals surface area (Å²) in [7, 11) is 0. The number of aromatic nitrogens is 3. The Kier molecular flexibility index (Phi) is 1.36. The molecule has 2 heterocycles. The van der Waals surface area contributed by atoms with Gasteiger partial charge in [-0.15, -0.1) is 11.3 Å². The molecule has 0 fully saturated rings. The number of rotatable bonds is 1. The Morgan fingerprint density at radius 2 is 2.45 bits per heavy atom. The van der Waals surface area contributed by atoms with Crippen LogP contribution in [0.15, 0.2) is 24.0 Å². The number of hydrogen-bond acceptors (Lipinski definition) is 4. The predicted molar refractivity (Wildman–Crippen MR) is 40.9 cm³/mol. The highest BCUT2D eigenvalue weighted by Gasteiger charge is 1.99. The van der Waals surface area contributed by atoms with Crippen LogP contribution >= 0.6 is 11.3 Å². The molecule has 0 saturated heterocycles. The Morgan fingerprint density at radius 1 is 1.55 bits per heavy atom. The minimum Gasteiger partial charge on any atom is -0.505 e. The van der Waals surface area contributed by atoms with E-state index in [0.717, 1.165) is 5.13 Å². The van der Waals surface area contributed by atoms with Gasteiger partial charge in [0.1, 0.15) is 0 Å². The third-order valence-corrected chi connectivity index (χ3v) is 1.95. The lowest BCUT2D eigenvalue weighted by Gasteiger charge is -1.89. The van der Waals surface area contributed by atoms with Crippen molar-refractivity contribution >= 4 is 11.3 Å². The van der Waals surface area contributed by atoms with Crippen molar-refractivity contribution in [3.05, 3.63) is 24.0 Å². The van der Waals surface area contributed by atoms with E-state index in [4.69, 9.17) is 5.11 Å². The minimum absolute atomic E-state index is 0.153. The van der Waals surface area contributed by atoms with Crippen molar-refractivity contribution < 1.29 is 5.11 Å². The third-order valence-electron chi connectivity index (χ3n) is 1.18. The van der Waals surface area contributed by atoms with Gasteiger partial charge in [0.05, 0.1) is 12.4 Å². The first-order chi connectivity index (χ1) is 5.36. The Morgan fingerprint density at radius 3 is 3.00 bits per heavy atom. The molecule has 0 aromatic carbocycles. The standard InChI is InChI=1S/C6H5N3OS/c10-5-3-8-9(4-5)6-7-1-2-11-6/h1-4,10H. The van der Waals surface area contributed by atoms with Crippen molar-refractivity contribution in [3.8, 4) is 10.9 Å². The Labute approximate surface area is 66.7 Å². The molecule has 4 nitrogen and oxygen atoms in total. The topological polar surface area (TPSA) is 50.9 Å². The van der Waals surface area contributed by atoms with Gasteiger partial charge in [0.15, 0.2) is 5.75 Å². The first-order valence-corrected chi connectivity index (χ1v) is 3.88. The van der Waals surface area contributed by atoms with Gasteiger partial charge in [-0.05, 0) is 0 Å². The van der Waals surface area contributed by atoms with Gasteiger partial charge in [-0.25, -0.2) is 9.67 Å². The Bertz CT molecular complexity index is 340. The van der Waals surface area contributed by atoms with Gasteiger partial charge < -0.3 is 5.11 Å². The lowest BCUT2D eigenvalue weighted by molar-refractivity contribution is 0.475. The van der Waals surface area contributed by atoms with Crippen molar-refractivity contribution in [2.75, 3.05) is 0 Å². The summed E-state index contributed by atoms with van der Waals surface area (Å²) >= 11 is 1.47. The molecule has 1 N–H and O–H groups in total. The predicted octanol–water partition coefficient (Wildman–Crippen LogP) is 1.03. The van der Waals surface area contributed by atoms with Crippen LogP contribution < -0.4 is 0 Å². The zero-order valence-electron chi connectivity index (χ0n) is 5.51. The number of nitrogens with zero attached hydrogens (tertiary/aromatic N) is 3. The Balaban J connectivity index is 2.45. The third kappa shape index (κ3) is 1.10. The number of aromatic hydroxyl groups is 1. The molecule has 0 atom stereocenters. The molecule has 2 aromatic rings. The molecular weight excluding hydrogens is 162 g/mol. The summed E-state index contributed by atoms with van der Waals surface area (Å²) in [6.45, 7) is 0. The average Bonchev–Trinajstić information content (AvgIpc) is 2.55. The summed E-state index contributed by atoms with van der Waals surface area (Å²) in [4.78, 5) is 4.01. The van der Waals surface area contributed by atoms with Gasteiger partial charge in [0.25, 0.3) is 0 Å². The molecule has 11 heavy (non-hydrogen) atoms. The van der Waals surface area contributed by atoms with Crippen LogP contribution in [0.25, 0.3) is 5.13 Å². The van der Waals surface area contributed by atoms with Crippen LogP contribution in [0.3, 0.4) is 0 Å².